The van der Waals surface area contributed by atoms with E-state index < -0.39 is 5.41 Å². The van der Waals surface area contributed by atoms with Crippen molar-refractivity contribution in [3.8, 4) is 0 Å². The average molecular weight is 368 g/mol. The first kappa shape index (κ1) is 17.0. The summed E-state index contributed by atoms with van der Waals surface area (Å²) in [5, 5.41) is 2.04. The highest BCUT2D eigenvalue weighted by Gasteiger charge is 2.49. The molecule has 0 saturated carbocycles. The summed E-state index contributed by atoms with van der Waals surface area (Å²) in [5.41, 5.74) is 1.10. The number of likely N-dealkylation sites (tertiary alicyclic amines) is 1. The molecule has 0 spiro atoms. The normalized spacial score (nSPS) is 22.7. The summed E-state index contributed by atoms with van der Waals surface area (Å²) in [7, 11) is 0. The highest BCUT2D eigenvalue weighted by molar-refractivity contribution is 7.10. The van der Waals surface area contributed by atoms with Gasteiger partial charge in [0.25, 0.3) is 0 Å². The van der Waals surface area contributed by atoms with E-state index in [4.69, 9.17) is 0 Å². The van der Waals surface area contributed by atoms with E-state index in [0.717, 1.165) is 16.9 Å². The highest BCUT2D eigenvalue weighted by atomic mass is 32.1. The Hall–Kier alpha value is -2.47. The number of imide groups is 1. The van der Waals surface area contributed by atoms with Crippen molar-refractivity contribution in [1.29, 1.82) is 0 Å². The second-order valence-corrected chi connectivity index (χ2v) is 8.09. The van der Waals surface area contributed by atoms with E-state index in [0.29, 0.717) is 13.1 Å². The van der Waals surface area contributed by atoms with Crippen LogP contribution in [-0.4, -0.2) is 40.6 Å². The molecule has 0 bridgehead atoms. The molecular weight excluding hydrogens is 348 g/mol. The maximum atomic E-state index is 12.9. The molecule has 1 aromatic heterocycles. The van der Waals surface area contributed by atoms with E-state index in [2.05, 4.69) is 0 Å². The standard InChI is InChI=1S/C20H20N2O3S/c1-20(15-5-3-2-4-6-15)11-17(23)22(19(20)25)13-18(24)21-9-7-16-14(12-21)8-10-26-16/h2-6,8,10H,7,9,11-13H2,1H3/t20-/m0/s1. The van der Waals surface area contributed by atoms with E-state index in [1.807, 2.05) is 41.8 Å². The van der Waals surface area contributed by atoms with E-state index in [-0.39, 0.29) is 30.7 Å². The number of carbonyl (C=O) groups excluding carboxylic acids is 3. The van der Waals surface area contributed by atoms with Crippen molar-refractivity contribution in [3.63, 3.8) is 0 Å². The van der Waals surface area contributed by atoms with Crippen molar-refractivity contribution < 1.29 is 14.4 Å². The summed E-state index contributed by atoms with van der Waals surface area (Å²) in [6.45, 7) is 2.81. The third-order valence-electron chi connectivity index (χ3n) is 5.39. The Morgan fingerprint density at radius 1 is 1.19 bits per heavy atom. The number of benzene rings is 1. The second-order valence-electron chi connectivity index (χ2n) is 7.09. The Morgan fingerprint density at radius 2 is 1.96 bits per heavy atom. The lowest BCUT2D eigenvalue weighted by atomic mass is 9.81. The van der Waals surface area contributed by atoms with Crippen molar-refractivity contribution in [2.45, 2.75) is 31.7 Å². The SMILES string of the molecule is C[C@@]1(c2ccccc2)CC(=O)N(CC(=O)N2CCc3sccc3C2)C1=O. The first-order chi connectivity index (χ1) is 12.5. The zero-order chi connectivity index (χ0) is 18.3. The Balaban J connectivity index is 1.49. The summed E-state index contributed by atoms with van der Waals surface area (Å²) in [5.74, 6) is -0.723. The third kappa shape index (κ3) is 2.74. The maximum Gasteiger partial charge on any atom is 0.243 e. The maximum absolute atomic E-state index is 12.9. The molecule has 1 saturated heterocycles. The van der Waals surface area contributed by atoms with Gasteiger partial charge in [-0.25, -0.2) is 0 Å². The molecule has 1 aromatic carbocycles. The summed E-state index contributed by atoms with van der Waals surface area (Å²) >= 11 is 1.71. The number of carbonyl (C=O) groups is 3. The molecule has 6 heteroatoms. The summed E-state index contributed by atoms with van der Waals surface area (Å²) in [4.78, 5) is 42.3. The number of amides is 3. The Bertz CT molecular complexity index is 876. The van der Waals surface area contributed by atoms with Gasteiger partial charge < -0.3 is 4.90 Å². The van der Waals surface area contributed by atoms with Crippen LogP contribution in [0, 0.1) is 0 Å². The molecule has 3 heterocycles. The zero-order valence-corrected chi connectivity index (χ0v) is 15.4. The molecule has 5 nitrogen and oxygen atoms in total. The largest absolute Gasteiger partial charge is 0.336 e. The van der Waals surface area contributed by atoms with Gasteiger partial charge in [-0.15, -0.1) is 11.3 Å². The molecule has 1 fully saturated rings. The molecule has 2 aliphatic rings. The van der Waals surface area contributed by atoms with Crippen LogP contribution in [0.15, 0.2) is 41.8 Å². The minimum absolute atomic E-state index is 0.109. The lowest BCUT2D eigenvalue weighted by molar-refractivity contribution is -0.146. The first-order valence-corrected chi connectivity index (χ1v) is 9.60. The molecule has 3 amide bonds. The number of hydrogen-bond acceptors (Lipinski definition) is 4. The fourth-order valence-corrected chi connectivity index (χ4v) is 4.66. The third-order valence-corrected chi connectivity index (χ3v) is 6.41. The van der Waals surface area contributed by atoms with Crippen molar-refractivity contribution in [3.05, 3.63) is 57.8 Å². The fourth-order valence-electron chi connectivity index (χ4n) is 3.77. The van der Waals surface area contributed by atoms with Crippen molar-refractivity contribution in [1.82, 2.24) is 9.80 Å². The fraction of sp³-hybridized carbons (Fsp3) is 0.350. The molecule has 0 aliphatic carbocycles. The Kier molecular flexibility index (Phi) is 4.15. The second kappa shape index (κ2) is 6.36. The molecule has 4 rings (SSSR count). The first-order valence-electron chi connectivity index (χ1n) is 8.72. The topological polar surface area (TPSA) is 57.7 Å². The Morgan fingerprint density at radius 3 is 2.73 bits per heavy atom. The number of rotatable bonds is 3. The molecule has 0 N–H and O–H groups in total. The number of hydrogen-bond donors (Lipinski definition) is 0. The number of fused-ring (bicyclic) bond motifs is 1. The molecule has 1 atom stereocenters. The number of nitrogens with zero attached hydrogens (tertiary/aromatic N) is 2. The predicted octanol–water partition coefficient (Wildman–Crippen LogP) is 2.35. The Labute approximate surface area is 156 Å². The van der Waals surface area contributed by atoms with Crippen molar-refractivity contribution in [2.75, 3.05) is 13.1 Å². The molecule has 0 radical (unpaired) electrons. The van der Waals surface area contributed by atoms with E-state index >= 15 is 0 Å². The van der Waals surface area contributed by atoms with Crippen LogP contribution in [-0.2, 0) is 32.8 Å². The predicted molar refractivity (Wildman–Crippen MR) is 98.6 cm³/mol. The lowest BCUT2D eigenvalue weighted by Crippen LogP contribution is -2.45. The van der Waals surface area contributed by atoms with Crippen LogP contribution in [0.1, 0.15) is 29.3 Å². The van der Waals surface area contributed by atoms with Crippen LogP contribution in [0.2, 0.25) is 0 Å². The van der Waals surface area contributed by atoms with Crippen LogP contribution in [0.4, 0.5) is 0 Å². The molecule has 2 aliphatic heterocycles. The highest BCUT2D eigenvalue weighted by Crippen LogP contribution is 2.36. The minimum Gasteiger partial charge on any atom is -0.336 e. The van der Waals surface area contributed by atoms with Crippen molar-refractivity contribution in [2.24, 2.45) is 0 Å². The van der Waals surface area contributed by atoms with Gasteiger partial charge in [0, 0.05) is 24.4 Å². The van der Waals surface area contributed by atoms with E-state index in [1.54, 1.807) is 23.2 Å². The van der Waals surface area contributed by atoms with Gasteiger partial charge in [0.2, 0.25) is 17.7 Å². The molecule has 0 unspecified atom stereocenters. The van der Waals surface area contributed by atoms with Gasteiger partial charge in [0.15, 0.2) is 0 Å². The minimum atomic E-state index is -0.888. The van der Waals surface area contributed by atoms with Gasteiger partial charge >= 0.3 is 0 Å². The van der Waals surface area contributed by atoms with Crippen LogP contribution in [0.25, 0.3) is 0 Å². The molecule has 26 heavy (non-hydrogen) atoms. The lowest BCUT2D eigenvalue weighted by Gasteiger charge is -2.29. The smallest absolute Gasteiger partial charge is 0.243 e. The quantitative estimate of drug-likeness (QED) is 0.782. The monoisotopic (exact) mass is 368 g/mol. The van der Waals surface area contributed by atoms with Crippen LogP contribution in [0.3, 0.4) is 0 Å². The van der Waals surface area contributed by atoms with Gasteiger partial charge in [0.1, 0.15) is 6.54 Å². The van der Waals surface area contributed by atoms with Crippen LogP contribution in [0.5, 0.6) is 0 Å². The molecule has 2 aromatic rings. The summed E-state index contributed by atoms with van der Waals surface area (Å²) in [6, 6.07) is 11.4. The zero-order valence-electron chi connectivity index (χ0n) is 14.6. The van der Waals surface area contributed by atoms with Gasteiger partial charge in [-0.2, -0.15) is 0 Å². The van der Waals surface area contributed by atoms with E-state index in [1.165, 1.54) is 10.4 Å². The summed E-state index contributed by atoms with van der Waals surface area (Å²) < 4.78 is 0. The van der Waals surface area contributed by atoms with Crippen LogP contribution < -0.4 is 0 Å². The van der Waals surface area contributed by atoms with Gasteiger partial charge in [0.05, 0.1) is 5.41 Å². The summed E-state index contributed by atoms with van der Waals surface area (Å²) in [6.07, 6.45) is 0.945. The average Bonchev–Trinajstić information content (AvgIpc) is 3.20. The van der Waals surface area contributed by atoms with Gasteiger partial charge in [-0.1, -0.05) is 30.3 Å². The number of thiophene rings is 1. The van der Waals surface area contributed by atoms with Gasteiger partial charge in [-0.3, -0.25) is 19.3 Å². The molecular formula is C20H20N2O3S. The molecule has 134 valence electrons. The van der Waals surface area contributed by atoms with Crippen molar-refractivity contribution >= 4 is 29.1 Å². The van der Waals surface area contributed by atoms with E-state index in [9.17, 15) is 14.4 Å². The van der Waals surface area contributed by atoms with Gasteiger partial charge in [-0.05, 0) is 35.9 Å². The van der Waals surface area contributed by atoms with Crippen LogP contribution >= 0.6 is 11.3 Å².